The van der Waals surface area contributed by atoms with Crippen molar-refractivity contribution in [1.29, 1.82) is 0 Å². The lowest BCUT2D eigenvalue weighted by Crippen LogP contribution is -2.34. The Labute approximate surface area is 125 Å². The summed E-state index contributed by atoms with van der Waals surface area (Å²) in [6.07, 6.45) is 7.17. The molecule has 0 saturated heterocycles. The molecular weight excluding hydrogens is 270 g/mol. The van der Waals surface area contributed by atoms with Crippen molar-refractivity contribution < 1.29 is 0 Å². The first-order chi connectivity index (χ1) is 9.64. The lowest BCUT2D eigenvalue weighted by atomic mass is 9.83. The highest BCUT2D eigenvalue weighted by molar-refractivity contribution is 6.17. The van der Waals surface area contributed by atoms with E-state index >= 15 is 0 Å². The van der Waals surface area contributed by atoms with Crippen LogP contribution < -0.4 is 0 Å². The summed E-state index contributed by atoms with van der Waals surface area (Å²) in [5, 5.41) is 0. The van der Waals surface area contributed by atoms with Crippen LogP contribution in [0.4, 0.5) is 0 Å². The quantitative estimate of drug-likeness (QED) is 0.794. The van der Waals surface area contributed by atoms with Gasteiger partial charge in [-0.05, 0) is 38.8 Å². The molecule has 0 radical (unpaired) electrons. The molecular formula is C16H22ClN3. The Balaban J connectivity index is 2.19. The van der Waals surface area contributed by atoms with Crippen LogP contribution in [0.2, 0.25) is 0 Å². The van der Waals surface area contributed by atoms with Crippen LogP contribution in [0, 0.1) is 6.92 Å². The highest BCUT2D eigenvalue weighted by atomic mass is 35.5. The van der Waals surface area contributed by atoms with Crippen LogP contribution in [0.15, 0.2) is 12.1 Å². The molecule has 4 heteroatoms. The molecule has 3 rings (SSSR count). The van der Waals surface area contributed by atoms with Crippen molar-refractivity contribution in [3.63, 3.8) is 0 Å². The van der Waals surface area contributed by atoms with E-state index in [9.17, 15) is 0 Å². The number of pyridine rings is 1. The number of hydrogen-bond donors (Lipinski definition) is 0. The summed E-state index contributed by atoms with van der Waals surface area (Å²) >= 11 is 5.98. The van der Waals surface area contributed by atoms with Crippen molar-refractivity contribution >= 4 is 22.8 Å². The third-order valence-electron chi connectivity index (χ3n) is 4.50. The van der Waals surface area contributed by atoms with Gasteiger partial charge in [-0.25, -0.2) is 9.97 Å². The summed E-state index contributed by atoms with van der Waals surface area (Å²) in [5.41, 5.74) is 3.24. The number of aromatic nitrogens is 3. The first-order valence-corrected chi connectivity index (χ1v) is 8.09. The number of imidazole rings is 1. The molecule has 0 amide bonds. The number of aryl methyl sites for hydroxylation is 2. The van der Waals surface area contributed by atoms with E-state index in [1.54, 1.807) is 0 Å². The minimum atomic E-state index is 0.148. The molecule has 0 bridgehead atoms. The maximum Gasteiger partial charge on any atom is 0.160 e. The molecule has 0 spiro atoms. The summed E-state index contributed by atoms with van der Waals surface area (Å²) in [4.78, 5) is 9.54. The standard InChI is InChI=1S/C16H22ClN3/c1-12-6-7-13-15(18-12)20(14(19-13)8-11-17)16(2)9-4-3-5-10-16/h6-7H,3-5,8-11H2,1-2H3. The molecule has 3 nitrogen and oxygen atoms in total. The lowest BCUT2D eigenvalue weighted by Gasteiger charge is -2.36. The number of hydrogen-bond acceptors (Lipinski definition) is 2. The first kappa shape index (κ1) is 13.9. The molecule has 2 heterocycles. The lowest BCUT2D eigenvalue weighted by molar-refractivity contribution is 0.218. The van der Waals surface area contributed by atoms with Gasteiger partial charge >= 0.3 is 0 Å². The molecule has 108 valence electrons. The summed E-state index contributed by atoms with van der Waals surface area (Å²) in [6, 6.07) is 4.12. The van der Waals surface area contributed by atoms with Crippen molar-refractivity contribution in [3.8, 4) is 0 Å². The predicted octanol–water partition coefficient (Wildman–Crippen LogP) is 4.20. The summed E-state index contributed by atoms with van der Waals surface area (Å²) in [5.74, 6) is 1.70. The van der Waals surface area contributed by atoms with Gasteiger partial charge in [0.2, 0.25) is 0 Å². The van der Waals surface area contributed by atoms with E-state index in [1.807, 2.05) is 13.0 Å². The fourth-order valence-corrected chi connectivity index (χ4v) is 3.62. The van der Waals surface area contributed by atoms with E-state index in [2.05, 4.69) is 17.6 Å². The minimum absolute atomic E-state index is 0.148. The van der Waals surface area contributed by atoms with E-state index in [1.165, 1.54) is 32.1 Å². The zero-order valence-electron chi connectivity index (χ0n) is 12.3. The highest BCUT2D eigenvalue weighted by Crippen LogP contribution is 2.37. The molecule has 0 aromatic carbocycles. The molecule has 1 aliphatic rings. The molecule has 1 fully saturated rings. The van der Waals surface area contributed by atoms with Crippen LogP contribution in [0.1, 0.15) is 50.5 Å². The molecule has 0 aliphatic heterocycles. The number of halogens is 1. The molecule has 0 atom stereocenters. The second-order valence-electron chi connectivity index (χ2n) is 6.16. The number of fused-ring (bicyclic) bond motifs is 1. The average Bonchev–Trinajstić information content (AvgIpc) is 2.78. The maximum absolute atomic E-state index is 5.98. The van der Waals surface area contributed by atoms with Crippen LogP contribution >= 0.6 is 11.6 Å². The predicted molar refractivity (Wildman–Crippen MR) is 83.4 cm³/mol. The van der Waals surface area contributed by atoms with Crippen LogP contribution in [-0.2, 0) is 12.0 Å². The van der Waals surface area contributed by atoms with Gasteiger partial charge in [-0.2, -0.15) is 0 Å². The summed E-state index contributed by atoms with van der Waals surface area (Å²) in [6.45, 7) is 4.40. The Morgan fingerprint density at radius 1 is 1.20 bits per heavy atom. The van der Waals surface area contributed by atoms with Crippen LogP contribution in [0.3, 0.4) is 0 Å². The van der Waals surface area contributed by atoms with E-state index in [4.69, 9.17) is 21.6 Å². The van der Waals surface area contributed by atoms with Gasteiger partial charge in [0.05, 0.1) is 0 Å². The van der Waals surface area contributed by atoms with E-state index in [0.29, 0.717) is 5.88 Å². The molecule has 2 aromatic heterocycles. The van der Waals surface area contributed by atoms with E-state index < -0.39 is 0 Å². The Bertz CT molecular complexity index is 611. The second kappa shape index (κ2) is 5.36. The van der Waals surface area contributed by atoms with Gasteiger partial charge in [0, 0.05) is 23.5 Å². The third-order valence-corrected chi connectivity index (χ3v) is 4.69. The Morgan fingerprint density at radius 2 is 1.95 bits per heavy atom. The Hall–Kier alpha value is -1.09. The Morgan fingerprint density at radius 3 is 2.65 bits per heavy atom. The smallest absolute Gasteiger partial charge is 0.160 e. The molecule has 2 aromatic rings. The van der Waals surface area contributed by atoms with Crippen molar-refractivity contribution in [3.05, 3.63) is 23.7 Å². The summed E-state index contributed by atoms with van der Waals surface area (Å²) < 4.78 is 2.39. The maximum atomic E-state index is 5.98. The van der Waals surface area contributed by atoms with E-state index in [0.717, 1.165) is 29.1 Å². The molecule has 1 aliphatic carbocycles. The van der Waals surface area contributed by atoms with Crippen molar-refractivity contribution in [2.75, 3.05) is 5.88 Å². The third kappa shape index (κ3) is 2.32. The van der Waals surface area contributed by atoms with Crippen LogP contribution in [0.25, 0.3) is 11.2 Å². The second-order valence-corrected chi connectivity index (χ2v) is 6.53. The molecule has 1 saturated carbocycles. The van der Waals surface area contributed by atoms with Gasteiger partial charge < -0.3 is 4.57 Å². The van der Waals surface area contributed by atoms with Crippen LogP contribution in [-0.4, -0.2) is 20.4 Å². The normalized spacial score (nSPS) is 18.6. The van der Waals surface area contributed by atoms with Gasteiger partial charge in [-0.15, -0.1) is 11.6 Å². The van der Waals surface area contributed by atoms with Gasteiger partial charge in [0.25, 0.3) is 0 Å². The SMILES string of the molecule is Cc1ccc2nc(CCCl)n(C3(C)CCCCC3)c2n1. The molecule has 0 N–H and O–H groups in total. The molecule has 0 unspecified atom stereocenters. The topological polar surface area (TPSA) is 30.7 Å². The number of alkyl halides is 1. The zero-order valence-corrected chi connectivity index (χ0v) is 13.1. The monoisotopic (exact) mass is 291 g/mol. The zero-order chi connectivity index (χ0) is 14.2. The highest BCUT2D eigenvalue weighted by Gasteiger charge is 2.32. The molecule has 20 heavy (non-hydrogen) atoms. The van der Waals surface area contributed by atoms with Crippen molar-refractivity contribution in [1.82, 2.24) is 14.5 Å². The fourth-order valence-electron chi connectivity index (χ4n) is 3.46. The fraction of sp³-hybridized carbons (Fsp3) is 0.625. The van der Waals surface area contributed by atoms with Gasteiger partial charge in [-0.3, -0.25) is 0 Å². The minimum Gasteiger partial charge on any atom is -0.307 e. The number of rotatable bonds is 3. The van der Waals surface area contributed by atoms with Crippen molar-refractivity contribution in [2.24, 2.45) is 0 Å². The number of nitrogens with zero attached hydrogens (tertiary/aromatic N) is 3. The van der Waals surface area contributed by atoms with Gasteiger partial charge in [0.1, 0.15) is 11.3 Å². The van der Waals surface area contributed by atoms with Crippen molar-refractivity contribution in [2.45, 2.75) is 57.9 Å². The largest absolute Gasteiger partial charge is 0.307 e. The van der Waals surface area contributed by atoms with Crippen LogP contribution in [0.5, 0.6) is 0 Å². The van der Waals surface area contributed by atoms with Gasteiger partial charge in [-0.1, -0.05) is 19.3 Å². The van der Waals surface area contributed by atoms with Gasteiger partial charge in [0.15, 0.2) is 5.65 Å². The average molecular weight is 292 g/mol. The first-order valence-electron chi connectivity index (χ1n) is 7.55. The Kier molecular flexibility index (Phi) is 3.72. The summed E-state index contributed by atoms with van der Waals surface area (Å²) in [7, 11) is 0. The van der Waals surface area contributed by atoms with E-state index in [-0.39, 0.29) is 5.54 Å².